The number of nitrogens with zero attached hydrogens (tertiary/aromatic N) is 7. The summed E-state index contributed by atoms with van der Waals surface area (Å²) in [5, 5.41) is 11.0. The van der Waals surface area contributed by atoms with Crippen LogP contribution in [-0.2, 0) is 65.3 Å². The van der Waals surface area contributed by atoms with Gasteiger partial charge in [-0.3, -0.25) is 52.7 Å². The zero-order chi connectivity index (χ0) is 66.4. The summed E-state index contributed by atoms with van der Waals surface area (Å²) >= 11 is 6.14. The van der Waals surface area contributed by atoms with Gasteiger partial charge in [0.2, 0.25) is 65.0 Å². The maximum Gasteiger partial charge on any atom is 0.417 e. The van der Waals surface area contributed by atoms with Crippen molar-refractivity contribution in [2.24, 2.45) is 17.8 Å². The number of benzene rings is 1. The predicted molar refractivity (Wildman–Crippen MR) is 328 cm³/mol. The Morgan fingerprint density at radius 3 is 1.78 bits per heavy atom. The molecule has 2 aliphatic carbocycles. The monoisotopic (exact) mass is 1290 g/mol. The van der Waals surface area contributed by atoms with E-state index in [9.17, 15) is 56.3 Å². The topological polar surface area (TPSA) is 259 Å². The summed E-state index contributed by atoms with van der Waals surface area (Å²) in [5.74, 6) is -7.26. The average Bonchev–Trinajstić information content (AvgIpc) is 1.64. The Bertz CT molecular complexity index is 2870. The Kier molecular flexibility index (Phi) is 23.5. The zero-order valence-corrected chi connectivity index (χ0v) is 55.0. The maximum absolute atomic E-state index is 15.1. The summed E-state index contributed by atoms with van der Waals surface area (Å²) in [6.07, 6.45) is 2.53. The van der Waals surface area contributed by atoms with E-state index in [-0.39, 0.29) is 76.9 Å². The molecule has 2 saturated carbocycles. The molecule has 4 saturated heterocycles. The molecule has 6 fully saturated rings. The van der Waals surface area contributed by atoms with Gasteiger partial charge in [0.05, 0.1) is 10.6 Å². The minimum Gasteiger partial charge on any atom is -0.351 e. The Hall–Kier alpha value is -6.53. The fraction of sp³-hybridized carbons (Fsp3) is 0.734. The largest absolute Gasteiger partial charge is 0.417 e. The number of fused-ring (bicyclic) bond motifs is 3. The van der Waals surface area contributed by atoms with Crippen molar-refractivity contribution in [2.75, 3.05) is 47.8 Å². The third kappa shape index (κ3) is 15.7. The number of alkyl halides is 3. The molecule has 7 rings (SSSR count). The van der Waals surface area contributed by atoms with Gasteiger partial charge in [0.25, 0.3) is 0 Å². The highest BCUT2D eigenvalue weighted by molar-refractivity contribution is 6.31. The van der Waals surface area contributed by atoms with E-state index in [1.807, 2.05) is 6.92 Å². The Labute approximate surface area is 532 Å². The molecule has 0 radical (unpaired) electrons. The van der Waals surface area contributed by atoms with Gasteiger partial charge in [0.1, 0.15) is 59.9 Å². The Morgan fingerprint density at radius 2 is 1.20 bits per heavy atom. The second-order valence-corrected chi connectivity index (χ2v) is 27.1. The van der Waals surface area contributed by atoms with Crippen molar-refractivity contribution in [3.63, 3.8) is 0 Å². The molecule has 1 spiro atoms. The quantitative estimate of drug-likeness (QED) is 0.275. The van der Waals surface area contributed by atoms with Crippen LogP contribution in [0, 0.1) is 17.8 Å². The van der Waals surface area contributed by atoms with E-state index in [2.05, 4.69) is 21.3 Å². The van der Waals surface area contributed by atoms with Crippen molar-refractivity contribution in [2.45, 2.75) is 236 Å². The van der Waals surface area contributed by atoms with E-state index >= 15 is 9.59 Å². The fourth-order valence-electron chi connectivity index (χ4n) is 13.9. The predicted octanol–water partition coefficient (Wildman–Crippen LogP) is 4.81. The highest BCUT2D eigenvalue weighted by Crippen LogP contribution is 2.37. The summed E-state index contributed by atoms with van der Waals surface area (Å²) < 4.78 is 41.4. The van der Waals surface area contributed by atoms with E-state index < -0.39 is 160 Å². The zero-order valence-electron chi connectivity index (χ0n) is 54.2. The molecular weight excluding hydrogens is 1190 g/mol. The van der Waals surface area contributed by atoms with Gasteiger partial charge in [-0.2, -0.15) is 13.2 Å². The molecule has 4 heterocycles. The normalized spacial score (nSPS) is 29.7. The van der Waals surface area contributed by atoms with Gasteiger partial charge in [-0.1, -0.05) is 96.7 Å². The molecule has 26 heteroatoms. The van der Waals surface area contributed by atoms with Crippen molar-refractivity contribution in [3.05, 3.63) is 34.3 Å². The average molecular weight is 1290 g/mol. The number of halogens is 4. The summed E-state index contributed by atoms with van der Waals surface area (Å²) in [6.45, 7) is 12.2. The molecule has 1 aromatic carbocycles. The smallest absolute Gasteiger partial charge is 0.351 e. The molecule has 11 amide bonds. The first-order valence-corrected chi connectivity index (χ1v) is 32.8. The van der Waals surface area contributed by atoms with E-state index in [1.54, 1.807) is 27.7 Å². The Morgan fingerprint density at radius 1 is 0.611 bits per heavy atom. The lowest BCUT2D eigenvalue weighted by Crippen LogP contribution is -2.69. The number of nitrogens with one attached hydrogen (secondary N) is 4. The summed E-state index contributed by atoms with van der Waals surface area (Å²) in [5.41, 5.74) is -2.24. The summed E-state index contributed by atoms with van der Waals surface area (Å²) in [4.78, 5) is 170. The van der Waals surface area contributed by atoms with Gasteiger partial charge in [-0.05, 0) is 114 Å². The van der Waals surface area contributed by atoms with E-state index in [0.717, 1.165) is 44.2 Å². The number of hydrogen-bond acceptors (Lipinski definition) is 11. The second-order valence-electron chi connectivity index (χ2n) is 26.7. The van der Waals surface area contributed by atoms with Crippen LogP contribution in [0.3, 0.4) is 0 Å². The number of likely N-dealkylation sites (N-methyl/N-ethyl adjacent to an activating group) is 4. The molecular formula is C64H95ClF3N11O11. The van der Waals surface area contributed by atoms with Crippen molar-refractivity contribution >= 4 is 76.6 Å². The van der Waals surface area contributed by atoms with Gasteiger partial charge in [0, 0.05) is 60.3 Å². The van der Waals surface area contributed by atoms with Crippen molar-refractivity contribution in [1.29, 1.82) is 0 Å². The van der Waals surface area contributed by atoms with Crippen LogP contribution in [0.1, 0.15) is 169 Å². The first kappa shape index (κ1) is 70.9. The van der Waals surface area contributed by atoms with E-state index in [1.165, 1.54) is 82.4 Å². The van der Waals surface area contributed by atoms with Crippen LogP contribution in [0.4, 0.5) is 13.2 Å². The molecule has 6 aliphatic rings. The highest BCUT2D eigenvalue weighted by atomic mass is 35.5. The van der Waals surface area contributed by atoms with E-state index in [0.29, 0.717) is 37.7 Å². The molecule has 0 aromatic heterocycles. The first-order valence-electron chi connectivity index (χ1n) is 32.4. The number of hydrogen-bond donors (Lipinski definition) is 4. The molecule has 0 bridgehead atoms. The number of rotatable bonds is 8. The highest BCUT2D eigenvalue weighted by Gasteiger charge is 2.52. The van der Waals surface area contributed by atoms with Crippen LogP contribution in [0.15, 0.2) is 18.2 Å². The van der Waals surface area contributed by atoms with Crippen LogP contribution < -0.4 is 21.3 Å². The van der Waals surface area contributed by atoms with Crippen LogP contribution >= 0.6 is 11.6 Å². The maximum atomic E-state index is 15.1. The van der Waals surface area contributed by atoms with Gasteiger partial charge < -0.3 is 55.6 Å². The molecule has 22 nitrogen and oxygen atoms in total. The second kappa shape index (κ2) is 29.8. The SMILES string of the molecule is CC[C@H](C)[C@@H]1NC(=O)[C@H](C)N(C)C(=O)C[C@@H](C)NC(=O)[C@H](C(C)C)N(C)C(=O)C2(CCCC2)NC(=O)[C@@H]2CCCN2C(=O)[C@H](CCc2ccc(C(F)(F)F)c(Cl)c2)NC(=O)[C@@H](C)N(C)C(=O)[C@H](CC2CCCCC2)N(C)C(=O)[C@@H]2CCN2C(=O)[C@@H]2CCN2C1=O. The number of carbonyl (C=O) groups excluding carboxylic acids is 11. The van der Waals surface area contributed by atoms with Crippen LogP contribution in [0.2, 0.25) is 5.02 Å². The fourth-order valence-corrected chi connectivity index (χ4v) is 14.2. The standard InChI is InChI=1S/C64H95ClF3N11O11/c1-12-37(4)51-61(89)79-32-27-48(79)60(88)78-31-26-47(78)58(86)75(10)49(35-41-19-14-13-15-20-41)59(87)74(9)40(7)53(81)70-45(25-23-42-22-24-43(44(65)34-42)64(66,67)68)57(85)77-30-18-21-46(77)55(83)72-63(28-16-17-29-63)62(90)76(11)52(36(2)3)56(84)69-38(5)33-50(80)73(8)39(6)54(82)71-51/h22,24,34,36-41,45-49,51-52H,12-21,23,25-33,35H2,1-11H3,(H,69,84)(H,70,81)(H,71,82)(H,72,83)/t37-,38+,39-,40+,45-,46-,47-,48-,49-,51-,52-/m0/s1. The third-order valence-corrected chi connectivity index (χ3v) is 20.6. The lowest BCUT2D eigenvalue weighted by Gasteiger charge is -2.49. The lowest BCUT2D eigenvalue weighted by atomic mass is 9.84. The molecule has 1 aromatic rings. The molecule has 500 valence electrons. The molecule has 0 unspecified atom stereocenters. The lowest BCUT2D eigenvalue weighted by molar-refractivity contribution is -0.165. The van der Waals surface area contributed by atoms with Crippen LogP contribution in [0.5, 0.6) is 0 Å². The first-order chi connectivity index (χ1) is 42.3. The molecule has 11 atom stereocenters. The van der Waals surface area contributed by atoms with Crippen molar-refractivity contribution in [1.82, 2.24) is 55.6 Å². The minimum atomic E-state index is -4.74. The molecule has 4 N–H and O–H groups in total. The number of amides is 11. The van der Waals surface area contributed by atoms with Crippen LogP contribution in [0.25, 0.3) is 0 Å². The Balaban J connectivity index is 1.23. The van der Waals surface area contributed by atoms with Gasteiger partial charge in [-0.25, -0.2) is 0 Å². The van der Waals surface area contributed by atoms with E-state index in [4.69, 9.17) is 11.6 Å². The van der Waals surface area contributed by atoms with Crippen LogP contribution in [-0.4, -0.2) is 213 Å². The van der Waals surface area contributed by atoms with Crippen molar-refractivity contribution in [3.8, 4) is 0 Å². The van der Waals surface area contributed by atoms with Crippen molar-refractivity contribution < 1.29 is 65.9 Å². The van der Waals surface area contributed by atoms with Gasteiger partial charge in [-0.15, -0.1) is 0 Å². The summed E-state index contributed by atoms with van der Waals surface area (Å²) in [7, 11) is 5.83. The minimum absolute atomic E-state index is 0.0406. The molecule has 90 heavy (non-hydrogen) atoms. The number of carbonyl (C=O) groups is 11. The van der Waals surface area contributed by atoms with Gasteiger partial charge >= 0.3 is 6.18 Å². The third-order valence-electron chi connectivity index (χ3n) is 20.2. The number of aryl methyl sites for hydroxylation is 1. The summed E-state index contributed by atoms with van der Waals surface area (Å²) in [6, 6.07) is -7.72. The molecule has 4 aliphatic heterocycles. The van der Waals surface area contributed by atoms with Gasteiger partial charge in [0.15, 0.2) is 0 Å².